The minimum Gasteiger partial charge on any atom is -0.383 e. The van der Waals surface area contributed by atoms with E-state index in [9.17, 15) is 23.1 Å². The number of hydrogen-bond acceptors (Lipinski definition) is 6. The third kappa shape index (κ3) is 5.24. The number of amides is 1. The second kappa shape index (κ2) is 9.08. The van der Waals surface area contributed by atoms with Crippen molar-refractivity contribution in [3.63, 3.8) is 0 Å². The predicted octanol–water partition coefficient (Wildman–Crippen LogP) is 2.34. The molecule has 3 rings (SSSR count). The van der Waals surface area contributed by atoms with Gasteiger partial charge in [-0.25, -0.2) is 15.0 Å². The monoisotopic (exact) mass is 433 g/mol. The number of aromatic nitrogens is 3. The average molecular weight is 434 g/mol. The van der Waals surface area contributed by atoms with Crippen LogP contribution in [0.4, 0.5) is 18.9 Å². The number of carbonyl (C=O) groups excluding carboxylic acids is 1. The molecule has 0 aliphatic carbocycles. The van der Waals surface area contributed by atoms with Crippen molar-refractivity contribution in [3.05, 3.63) is 24.7 Å². The Kier molecular flexibility index (Phi) is 7.23. The van der Waals surface area contributed by atoms with E-state index in [1.54, 1.807) is 24.8 Å². The van der Waals surface area contributed by atoms with Gasteiger partial charge in [-0.05, 0) is 18.4 Å². The van der Waals surface area contributed by atoms with Crippen LogP contribution in [0.15, 0.2) is 24.7 Å². The fourth-order valence-electron chi connectivity index (χ4n) is 3.35. The molecule has 2 N–H and O–H groups in total. The summed E-state index contributed by atoms with van der Waals surface area (Å²) >= 11 is 0. The van der Waals surface area contributed by atoms with Gasteiger partial charge in [-0.15, -0.1) is 12.4 Å². The Hall–Kier alpha value is -2.20. The first kappa shape index (κ1) is 23.1. The summed E-state index contributed by atoms with van der Waals surface area (Å²) in [6.45, 7) is 3.24. The number of halogens is 4. The zero-order chi connectivity index (χ0) is 20.5. The van der Waals surface area contributed by atoms with E-state index in [1.165, 1.54) is 18.6 Å². The van der Waals surface area contributed by atoms with Gasteiger partial charge in [-0.1, -0.05) is 13.8 Å². The van der Waals surface area contributed by atoms with Crippen molar-refractivity contribution in [2.24, 2.45) is 11.8 Å². The lowest BCUT2D eigenvalue weighted by Crippen LogP contribution is -2.55. The predicted molar refractivity (Wildman–Crippen MR) is 104 cm³/mol. The van der Waals surface area contributed by atoms with E-state index in [2.05, 4.69) is 20.3 Å². The Morgan fingerprint density at radius 1 is 1.21 bits per heavy atom. The number of alkyl halides is 3. The number of hydrogen-bond donors (Lipinski definition) is 2. The van der Waals surface area contributed by atoms with E-state index in [1.807, 2.05) is 0 Å². The highest BCUT2D eigenvalue weighted by atomic mass is 35.5. The van der Waals surface area contributed by atoms with Gasteiger partial charge in [-0.3, -0.25) is 4.79 Å². The fourth-order valence-corrected chi connectivity index (χ4v) is 3.35. The number of fused-ring (bicyclic) bond motifs is 1. The molecular weight excluding hydrogens is 411 g/mol. The lowest BCUT2D eigenvalue weighted by atomic mass is 9.92. The Morgan fingerprint density at radius 3 is 2.52 bits per heavy atom. The van der Waals surface area contributed by atoms with E-state index in [0.29, 0.717) is 16.9 Å². The van der Waals surface area contributed by atoms with Crippen molar-refractivity contribution >= 4 is 35.2 Å². The molecule has 1 aliphatic rings. The van der Waals surface area contributed by atoms with Gasteiger partial charge in [0.25, 0.3) is 0 Å². The number of nitrogens with one attached hydrogen (secondary N) is 1. The lowest BCUT2D eigenvalue weighted by Gasteiger charge is -2.40. The number of piperidine rings is 1. The molecule has 29 heavy (non-hydrogen) atoms. The van der Waals surface area contributed by atoms with E-state index in [-0.39, 0.29) is 37.8 Å². The van der Waals surface area contributed by atoms with Crippen LogP contribution in [-0.4, -0.2) is 57.4 Å². The highest BCUT2D eigenvalue weighted by Crippen LogP contribution is 2.36. The maximum Gasteiger partial charge on any atom is 0.393 e. The maximum absolute atomic E-state index is 13.5. The minimum absolute atomic E-state index is 0. The van der Waals surface area contributed by atoms with Gasteiger partial charge < -0.3 is 15.3 Å². The molecular formula is C18H23ClF3N5O2. The highest BCUT2D eigenvalue weighted by molar-refractivity contribution is 5.86. The molecule has 1 fully saturated rings. The van der Waals surface area contributed by atoms with Crippen molar-refractivity contribution in [3.8, 4) is 0 Å². The lowest BCUT2D eigenvalue weighted by molar-refractivity contribution is -0.178. The SMILES string of the molecule is CC(C)C(O)C(=O)N[C@H]1C[C@@H](C(F)(F)F)CN(c2ccnc3nccnc23)C1.Cl. The molecule has 1 amide bonds. The summed E-state index contributed by atoms with van der Waals surface area (Å²) in [6.07, 6.45) is -1.54. The average Bonchev–Trinajstić information content (AvgIpc) is 2.65. The number of carbonyl (C=O) groups is 1. The summed E-state index contributed by atoms with van der Waals surface area (Å²) < 4.78 is 40.5. The molecule has 11 heteroatoms. The standard InChI is InChI=1S/C18H22F3N5O2.ClH/c1-10(2)15(27)17(28)25-12-7-11(18(19,20)21)8-26(9-12)13-3-4-23-16-14(13)22-5-6-24-16;/h3-6,10-12,15,27H,7-9H2,1-2H3,(H,25,28);1H/t11-,12+,15?;/m1./s1. The van der Waals surface area contributed by atoms with E-state index < -0.39 is 30.1 Å². The fraction of sp³-hybridized carbons (Fsp3) is 0.556. The maximum atomic E-state index is 13.5. The minimum atomic E-state index is -4.41. The quantitative estimate of drug-likeness (QED) is 0.769. The van der Waals surface area contributed by atoms with Crippen LogP contribution in [-0.2, 0) is 4.79 Å². The molecule has 1 unspecified atom stereocenters. The van der Waals surface area contributed by atoms with Crippen LogP contribution < -0.4 is 10.2 Å². The Bertz CT molecular complexity index is 846. The van der Waals surface area contributed by atoms with Crippen molar-refractivity contribution in [1.82, 2.24) is 20.3 Å². The van der Waals surface area contributed by atoms with Crippen LogP contribution in [0, 0.1) is 11.8 Å². The van der Waals surface area contributed by atoms with Crippen LogP contribution in [0.2, 0.25) is 0 Å². The summed E-state index contributed by atoms with van der Waals surface area (Å²) in [5.74, 6) is -2.62. The molecule has 0 aromatic carbocycles. The molecule has 0 saturated carbocycles. The van der Waals surface area contributed by atoms with Crippen LogP contribution >= 0.6 is 12.4 Å². The topological polar surface area (TPSA) is 91.2 Å². The molecule has 7 nitrogen and oxygen atoms in total. The molecule has 160 valence electrons. The summed E-state index contributed by atoms with van der Waals surface area (Å²) in [7, 11) is 0. The first-order valence-electron chi connectivity index (χ1n) is 9.02. The Morgan fingerprint density at radius 2 is 1.86 bits per heavy atom. The molecule has 0 bridgehead atoms. The Labute approximate surface area is 172 Å². The second-order valence-electron chi connectivity index (χ2n) is 7.33. The van der Waals surface area contributed by atoms with Crippen molar-refractivity contribution in [2.75, 3.05) is 18.0 Å². The number of aliphatic hydroxyl groups excluding tert-OH is 1. The second-order valence-corrected chi connectivity index (χ2v) is 7.33. The molecule has 2 aromatic rings. The van der Waals surface area contributed by atoms with Crippen molar-refractivity contribution < 1.29 is 23.1 Å². The van der Waals surface area contributed by atoms with Crippen LogP contribution in [0.25, 0.3) is 11.2 Å². The number of anilines is 1. The van der Waals surface area contributed by atoms with Crippen molar-refractivity contribution in [2.45, 2.75) is 38.6 Å². The zero-order valence-corrected chi connectivity index (χ0v) is 16.7. The van der Waals surface area contributed by atoms with E-state index >= 15 is 0 Å². The molecule has 1 saturated heterocycles. The van der Waals surface area contributed by atoms with Crippen LogP contribution in [0.1, 0.15) is 20.3 Å². The smallest absolute Gasteiger partial charge is 0.383 e. The molecule has 3 heterocycles. The molecule has 0 spiro atoms. The third-order valence-corrected chi connectivity index (χ3v) is 4.85. The van der Waals surface area contributed by atoms with E-state index in [4.69, 9.17) is 0 Å². The summed E-state index contributed by atoms with van der Waals surface area (Å²) in [6, 6.07) is 0.832. The molecule has 2 aromatic heterocycles. The van der Waals surface area contributed by atoms with E-state index in [0.717, 1.165) is 0 Å². The number of pyridine rings is 1. The van der Waals surface area contributed by atoms with Crippen LogP contribution in [0.5, 0.6) is 0 Å². The summed E-state index contributed by atoms with van der Waals surface area (Å²) in [4.78, 5) is 26.1. The Balaban J connectivity index is 0.00000300. The largest absolute Gasteiger partial charge is 0.393 e. The van der Waals surface area contributed by atoms with Gasteiger partial charge >= 0.3 is 6.18 Å². The normalized spacial score (nSPS) is 21.0. The number of rotatable bonds is 4. The first-order valence-corrected chi connectivity index (χ1v) is 9.02. The summed E-state index contributed by atoms with van der Waals surface area (Å²) in [5.41, 5.74) is 1.22. The van der Waals surface area contributed by atoms with Crippen LogP contribution in [0.3, 0.4) is 0 Å². The van der Waals surface area contributed by atoms with Gasteiger partial charge in [0.1, 0.15) is 11.6 Å². The molecule has 3 atom stereocenters. The highest BCUT2D eigenvalue weighted by Gasteiger charge is 2.45. The van der Waals surface area contributed by atoms with Gasteiger partial charge in [0.2, 0.25) is 5.91 Å². The molecule has 0 radical (unpaired) electrons. The molecule has 1 aliphatic heterocycles. The van der Waals surface area contributed by atoms with Gasteiger partial charge in [0.15, 0.2) is 5.65 Å². The third-order valence-electron chi connectivity index (χ3n) is 4.85. The number of nitrogens with zero attached hydrogens (tertiary/aromatic N) is 4. The van der Waals surface area contributed by atoms with Gasteiger partial charge in [-0.2, -0.15) is 13.2 Å². The zero-order valence-electron chi connectivity index (χ0n) is 15.9. The van der Waals surface area contributed by atoms with Gasteiger partial charge in [0, 0.05) is 37.7 Å². The van der Waals surface area contributed by atoms with Gasteiger partial charge in [0.05, 0.1) is 11.6 Å². The number of aliphatic hydroxyl groups is 1. The van der Waals surface area contributed by atoms with Crippen molar-refractivity contribution in [1.29, 1.82) is 0 Å². The summed E-state index contributed by atoms with van der Waals surface area (Å²) in [5, 5.41) is 12.5. The first-order chi connectivity index (χ1) is 13.2.